The highest BCUT2D eigenvalue weighted by Gasteiger charge is 2.10. The highest BCUT2D eigenvalue weighted by atomic mass is 35.5. The minimum Gasteiger partial charge on any atom is -0.371 e. The van der Waals surface area contributed by atoms with Gasteiger partial charge in [0.25, 0.3) is 0 Å². The quantitative estimate of drug-likeness (QED) is 0.800. The molecule has 0 saturated carbocycles. The van der Waals surface area contributed by atoms with E-state index in [1.807, 2.05) is 30.0 Å². The molecule has 0 aliphatic rings. The lowest BCUT2D eigenvalue weighted by Crippen LogP contribution is -2.28. The average Bonchev–Trinajstić information content (AvgIpc) is 2.30. The van der Waals surface area contributed by atoms with Crippen LogP contribution < -0.4 is 4.90 Å². The van der Waals surface area contributed by atoms with Crippen molar-refractivity contribution in [2.75, 3.05) is 23.7 Å². The topological polar surface area (TPSA) is 37.4 Å². The predicted molar refractivity (Wildman–Crippen MR) is 73.3 cm³/mol. The van der Waals surface area contributed by atoms with Gasteiger partial charge in [0.2, 0.25) is 0 Å². The molecule has 0 bridgehead atoms. The van der Waals surface area contributed by atoms with Gasteiger partial charge in [0, 0.05) is 29.2 Å². The van der Waals surface area contributed by atoms with E-state index in [0.717, 1.165) is 17.6 Å². The van der Waals surface area contributed by atoms with Crippen LogP contribution in [0.2, 0.25) is 5.02 Å². The molecule has 0 aromatic heterocycles. The van der Waals surface area contributed by atoms with Gasteiger partial charge in [0.15, 0.2) is 9.84 Å². The summed E-state index contributed by atoms with van der Waals surface area (Å²) in [5, 5.41) is 1.64. The van der Waals surface area contributed by atoms with Crippen LogP contribution >= 0.6 is 11.6 Å². The van der Waals surface area contributed by atoms with Crippen LogP contribution in [0, 0.1) is 0 Å². The number of sulfone groups is 1. The summed E-state index contributed by atoms with van der Waals surface area (Å²) >= 11 is 5.90. The van der Waals surface area contributed by atoms with Crippen molar-refractivity contribution in [3.63, 3.8) is 0 Å². The van der Waals surface area contributed by atoms with Gasteiger partial charge in [-0.25, -0.2) is 8.42 Å². The van der Waals surface area contributed by atoms with Crippen LogP contribution in [0.4, 0.5) is 5.69 Å². The van der Waals surface area contributed by atoms with Crippen LogP contribution in [0.25, 0.3) is 0 Å². The molecule has 0 unspecified atom stereocenters. The van der Waals surface area contributed by atoms with E-state index in [2.05, 4.69) is 6.58 Å². The highest BCUT2D eigenvalue weighted by molar-refractivity contribution is 7.94. The van der Waals surface area contributed by atoms with Crippen molar-refractivity contribution in [2.24, 2.45) is 0 Å². The first-order valence-electron chi connectivity index (χ1n) is 5.34. The zero-order valence-electron chi connectivity index (χ0n) is 9.77. The van der Waals surface area contributed by atoms with Gasteiger partial charge < -0.3 is 4.90 Å². The first-order chi connectivity index (χ1) is 7.98. The molecule has 0 fully saturated rings. The normalized spacial score (nSPS) is 11.2. The van der Waals surface area contributed by atoms with Crippen molar-refractivity contribution in [2.45, 2.75) is 6.92 Å². The molecule has 0 atom stereocenters. The number of hydrogen-bond donors (Lipinski definition) is 0. The second kappa shape index (κ2) is 6.07. The molecule has 0 heterocycles. The fraction of sp³-hybridized carbons (Fsp3) is 0.333. The first kappa shape index (κ1) is 14.1. The summed E-state index contributed by atoms with van der Waals surface area (Å²) in [4.78, 5) is 1.97. The summed E-state index contributed by atoms with van der Waals surface area (Å²) in [6.45, 7) is 6.43. The standard InChI is InChI=1S/C12H16ClNO2S/c1-3-14(8-9-17(15,16)4-2)12-7-5-6-11(13)10-12/h4-7,10H,2-3,8-9H2,1H3. The third kappa shape index (κ3) is 4.40. The van der Waals surface area contributed by atoms with Crippen LogP contribution in [0.1, 0.15) is 6.92 Å². The van der Waals surface area contributed by atoms with E-state index in [0.29, 0.717) is 11.6 Å². The minimum atomic E-state index is -3.15. The zero-order valence-corrected chi connectivity index (χ0v) is 11.3. The van der Waals surface area contributed by atoms with Crippen LogP contribution in [-0.4, -0.2) is 27.3 Å². The zero-order chi connectivity index (χ0) is 12.9. The number of nitrogens with zero attached hydrogens (tertiary/aromatic N) is 1. The lowest BCUT2D eigenvalue weighted by molar-refractivity contribution is 0.603. The molecule has 0 aliphatic heterocycles. The van der Waals surface area contributed by atoms with Gasteiger partial charge in [-0.3, -0.25) is 0 Å². The Morgan fingerprint density at radius 1 is 1.47 bits per heavy atom. The van der Waals surface area contributed by atoms with Gasteiger partial charge in [-0.15, -0.1) is 0 Å². The van der Waals surface area contributed by atoms with Crippen molar-refractivity contribution in [3.05, 3.63) is 41.3 Å². The molecule has 0 N–H and O–H groups in total. The highest BCUT2D eigenvalue weighted by Crippen LogP contribution is 2.19. The molecule has 0 saturated heterocycles. The number of anilines is 1. The third-order valence-corrected chi connectivity index (χ3v) is 3.95. The second-order valence-electron chi connectivity index (χ2n) is 3.59. The Kier molecular flexibility index (Phi) is 5.02. The predicted octanol–water partition coefficient (Wildman–Crippen LogP) is 2.72. The van der Waals surface area contributed by atoms with Gasteiger partial charge in [-0.05, 0) is 25.1 Å². The molecule has 1 aromatic carbocycles. The van der Waals surface area contributed by atoms with Gasteiger partial charge in [0.05, 0.1) is 5.75 Å². The molecule has 3 nitrogen and oxygen atoms in total. The molecule has 0 amide bonds. The van der Waals surface area contributed by atoms with Gasteiger partial charge in [-0.2, -0.15) is 0 Å². The van der Waals surface area contributed by atoms with Crippen LogP contribution in [-0.2, 0) is 9.84 Å². The molecule has 17 heavy (non-hydrogen) atoms. The Hall–Kier alpha value is -1.00. The average molecular weight is 274 g/mol. The summed E-state index contributed by atoms with van der Waals surface area (Å²) in [5.41, 5.74) is 0.930. The monoisotopic (exact) mass is 273 g/mol. The third-order valence-electron chi connectivity index (χ3n) is 2.45. The van der Waals surface area contributed by atoms with Crippen molar-refractivity contribution >= 4 is 27.1 Å². The smallest absolute Gasteiger partial charge is 0.172 e. The Bertz CT molecular complexity index is 485. The maximum atomic E-state index is 11.3. The van der Waals surface area contributed by atoms with Gasteiger partial charge in [-0.1, -0.05) is 24.2 Å². The van der Waals surface area contributed by atoms with Gasteiger partial charge in [0.1, 0.15) is 0 Å². The van der Waals surface area contributed by atoms with Crippen LogP contribution in [0.5, 0.6) is 0 Å². The fourth-order valence-electron chi connectivity index (χ4n) is 1.46. The van der Waals surface area contributed by atoms with E-state index in [-0.39, 0.29) is 5.75 Å². The minimum absolute atomic E-state index is 0.0663. The summed E-state index contributed by atoms with van der Waals surface area (Å²) < 4.78 is 22.7. The molecule has 1 rings (SSSR count). The number of halogens is 1. The number of benzene rings is 1. The molecular weight excluding hydrogens is 258 g/mol. The lowest BCUT2D eigenvalue weighted by atomic mass is 10.3. The molecule has 5 heteroatoms. The number of hydrogen-bond acceptors (Lipinski definition) is 3. The molecule has 0 spiro atoms. The molecule has 1 aromatic rings. The molecule has 0 radical (unpaired) electrons. The van der Waals surface area contributed by atoms with E-state index in [1.54, 1.807) is 6.07 Å². The van der Waals surface area contributed by atoms with E-state index < -0.39 is 9.84 Å². The second-order valence-corrected chi connectivity index (χ2v) is 6.10. The van der Waals surface area contributed by atoms with Crippen molar-refractivity contribution in [1.82, 2.24) is 0 Å². The number of rotatable bonds is 6. The Labute approximate surface area is 108 Å². The summed E-state index contributed by atoms with van der Waals surface area (Å²) in [6, 6.07) is 7.38. The van der Waals surface area contributed by atoms with Crippen molar-refractivity contribution in [3.8, 4) is 0 Å². The van der Waals surface area contributed by atoms with E-state index in [1.165, 1.54) is 0 Å². The Balaban J connectivity index is 2.76. The Morgan fingerprint density at radius 2 is 2.18 bits per heavy atom. The van der Waals surface area contributed by atoms with E-state index >= 15 is 0 Å². The fourth-order valence-corrected chi connectivity index (χ4v) is 2.29. The Morgan fingerprint density at radius 3 is 2.71 bits per heavy atom. The van der Waals surface area contributed by atoms with Crippen molar-refractivity contribution < 1.29 is 8.42 Å². The summed E-state index contributed by atoms with van der Waals surface area (Å²) in [5.74, 6) is 0.0663. The first-order valence-corrected chi connectivity index (χ1v) is 7.43. The summed E-state index contributed by atoms with van der Waals surface area (Å²) in [6.07, 6.45) is 0. The lowest BCUT2D eigenvalue weighted by Gasteiger charge is -2.22. The molecule has 0 aliphatic carbocycles. The van der Waals surface area contributed by atoms with Crippen molar-refractivity contribution in [1.29, 1.82) is 0 Å². The maximum absolute atomic E-state index is 11.3. The SMILES string of the molecule is C=CS(=O)(=O)CCN(CC)c1cccc(Cl)c1. The van der Waals surface area contributed by atoms with E-state index in [9.17, 15) is 8.42 Å². The summed E-state index contributed by atoms with van der Waals surface area (Å²) in [7, 11) is -3.15. The van der Waals surface area contributed by atoms with Crippen LogP contribution in [0.3, 0.4) is 0 Å². The largest absolute Gasteiger partial charge is 0.371 e. The van der Waals surface area contributed by atoms with E-state index in [4.69, 9.17) is 11.6 Å². The molecule has 94 valence electrons. The van der Waals surface area contributed by atoms with Gasteiger partial charge >= 0.3 is 0 Å². The van der Waals surface area contributed by atoms with Crippen LogP contribution in [0.15, 0.2) is 36.3 Å². The maximum Gasteiger partial charge on any atom is 0.172 e. The molecular formula is C12H16ClNO2S.